The van der Waals surface area contributed by atoms with E-state index in [1.54, 1.807) is 24.3 Å². The van der Waals surface area contributed by atoms with Gasteiger partial charge in [-0.15, -0.1) is 0 Å². The molecule has 0 spiro atoms. The van der Waals surface area contributed by atoms with Gasteiger partial charge in [0.2, 0.25) is 0 Å². The first-order valence-electron chi connectivity index (χ1n) is 9.36. The van der Waals surface area contributed by atoms with Crippen molar-refractivity contribution in [1.82, 2.24) is 15.8 Å². The maximum atomic E-state index is 11.9. The van der Waals surface area contributed by atoms with Crippen LogP contribution in [-0.4, -0.2) is 35.6 Å². The Kier molecular flexibility index (Phi) is 7.51. The van der Waals surface area contributed by atoms with E-state index in [4.69, 9.17) is 28.6 Å². The molecular formula is C21H24ClN3O2S. The summed E-state index contributed by atoms with van der Waals surface area (Å²) in [6.07, 6.45) is 3.28. The van der Waals surface area contributed by atoms with Crippen molar-refractivity contribution in [2.75, 3.05) is 19.7 Å². The molecule has 0 radical (unpaired) electrons. The van der Waals surface area contributed by atoms with Crippen LogP contribution in [0, 0.1) is 5.92 Å². The van der Waals surface area contributed by atoms with Crippen LogP contribution in [0.15, 0.2) is 54.6 Å². The lowest BCUT2D eigenvalue weighted by molar-refractivity contribution is -0.123. The molecule has 5 nitrogen and oxygen atoms in total. The van der Waals surface area contributed by atoms with Gasteiger partial charge in [-0.05, 0) is 67.2 Å². The molecule has 0 aliphatic carbocycles. The van der Waals surface area contributed by atoms with Crippen molar-refractivity contribution in [3.05, 3.63) is 65.2 Å². The Morgan fingerprint density at radius 3 is 2.43 bits per heavy atom. The van der Waals surface area contributed by atoms with Gasteiger partial charge in [0, 0.05) is 18.1 Å². The third-order valence-corrected chi connectivity index (χ3v) is 5.37. The standard InChI is InChI=1S/C21H24ClN3O2S/c22-18-6-8-19(9-7-18)27-15-20(26)23-24-21(28)25-12-10-17(11-13-25)14-16-4-2-1-3-5-16/h1-9,17H,10-15H2,(H,23,26)(H,24,28). The van der Waals surface area contributed by atoms with Gasteiger partial charge in [-0.1, -0.05) is 41.9 Å². The number of hydrogen-bond donors (Lipinski definition) is 2. The number of nitrogens with zero attached hydrogens (tertiary/aromatic N) is 1. The summed E-state index contributed by atoms with van der Waals surface area (Å²) in [7, 11) is 0. The molecule has 28 heavy (non-hydrogen) atoms. The third-order valence-electron chi connectivity index (χ3n) is 4.76. The maximum absolute atomic E-state index is 11.9. The quantitative estimate of drug-likeness (QED) is 0.575. The Morgan fingerprint density at radius 1 is 1.07 bits per heavy atom. The molecule has 1 fully saturated rings. The number of rotatable bonds is 5. The number of carbonyl (C=O) groups excluding carboxylic acids is 1. The highest BCUT2D eigenvalue weighted by Crippen LogP contribution is 2.21. The van der Waals surface area contributed by atoms with E-state index in [1.165, 1.54) is 5.56 Å². The first-order chi connectivity index (χ1) is 13.6. The highest BCUT2D eigenvalue weighted by Gasteiger charge is 2.21. The topological polar surface area (TPSA) is 53.6 Å². The van der Waals surface area contributed by atoms with Crippen LogP contribution < -0.4 is 15.6 Å². The van der Waals surface area contributed by atoms with Crippen LogP contribution in [0.5, 0.6) is 5.75 Å². The lowest BCUT2D eigenvalue weighted by atomic mass is 9.90. The van der Waals surface area contributed by atoms with Crippen molar-refractivity contribution in [2.24, 2.45) is 5.92 Å². The molecule has 0 unspecified atom stereocenters. The fourth-order valence-corrected chi connectivity index (χ4v) is 3.57. The second kappa shape index (κ2) is 10.3. The second-order valence-corrected chi connectivity index (χ2v) is 7.66. The molecule has 1 heterocycles. The number of carbonyl (C=O) groups is 1. The van der Waals surface area contributed by atoms with Crippen molar-refractivity contribution < 1.29 is 9.53 Å². The highest BCUT2D eigenvalue weighted by molar-refractivity contribution is 7.80. The number of nitrogens with one attached hydrogen (secondary N) is 2. The van der Waals surface area contributed by atoms with Crippen molar-refractivity contribution >= 4 is 34.8 Å². The molecule has 0 atom stereocenters. The van der Waals surface area contributed by atoms with Crippen molar-refractivity contribution in [2.45, 2.75) is 19.3 Å². The zero-order valence-corrected chi connectivity index (χ0v) is 17.1. The number of likely N-dealkylation sites (tertiary alicyclic amines) is 1. The summed E-state index contributed by atoms with van der Waals surface area (Å²) in [5.41, 5.74) is 6.79. The predicted molar refractivity (Wildman–Crippen MR) is 115 cm³/mol. The van der Waals surface area contributed by atoms with Gasteiger partial charge in [0.05, 0.1) is 0 Å². The first kappa shape index (κ1) is 20.4. The van der Waals surface area contributed by atoms with Gasteiger partial charge in [0.15, 0.2) is 11.7 Å². The third kappa shape index (κ3) is 6.39. The van der Waals surface area contributed by atoms with Gasteiger partial charge in [-0.25, -0.2) is 0 Å². The Bertz CT molecular complexity index is 778. The van der Waals surface area contributed by atoms with Crippen LogP contribution in [0.3, 0.4) is 0 Å². The van der Waals surface area contributed by atoms with E-state index in [9.17, 15) is 4.79 Å². The number of amides is 1. The van der Waals surface area contributed by atoms with Crippen molar-refractivity contribution in [1.29, 1.82) is 0 Å². The maximum Gasteiger partial charge on any atom is 0.276 e. The summed E-state index contributed by atoms with van der Waals surface area (Å²) in [5.74, 6) is 0.961. The Hall–Kier alpha value is -2.31. The number of hydrogen-bond acceptors (Lipinski definition) is 3. The molecule has 1 aliphatic rings. The highest BCUT2D eigenvalue weighted by atomic mass is 35.5. The van der Waals surface area contributed by atoms with Crippen LogP contribution in [-0.2, 0) is 11.2 Å². The summed E-state index contributed by atoms with van der Waals surface area (Å²) in [4.78, 5) is 14.0. The first-order valence-corrected chi connectivity index (χ1v) is 10.1. The van der Waals surface area contributed by atoms with Crippen LogP contribution in [0.2, 0.25) is 5.02 Å². The fraction of sp³-hybridized carbons (Fsp3) is 0.333. The van der Waals surface area contributed by atoms with Crippen molar-refractivity contribution in [3.8, 4) is 5.75 Å². The molecule has 0 saturated carbocycles. The summed E-state index contributed by atoms with van der Waals surface area (Å²) in [6.45, 7) is 1.68. The molecule has 1 amide bonds. The minimum Gasteiger partial charge on any atom is -0.484 e. The van der Waals surface area contributed by atoms with Gasteiger partial charge in [-0.2, -0.15) is 0 Å². The summed E-state index contributed by atoms with van der Waals surface area (Å²) >= 11 is 11.2. The predicted octanol–water partition coefficient (Wildman–Crippen LogP) is 3.58. The van der Waals surface area contributed by atoms with Crippen LogP contribution in [0.4, 0.5) is 0 Å². The Balaban J connectivity index is 1.34. The summed E-state index contributed by atoms with van der Waals surface area (Å²) < 4.78 is 5.40. The molecule has 2 aromatic carbocycles. The van der Waals surface area contributed by atoms with E-state index in [0.717, 1.165) is 32.4 Å². The second-order valence-electron chi connectivity index (χ2n) is 6.84. The lowest BCUT2D eigenvalue weighted by Gasteiger charge is -2.33. The molecule has 2 aromatic rings. The fourth-order valence-electron chi connectivity index (χ4n) is 3.21. The molecule has 148 valence electrons. The van der Waals surface area contributed by atoms with E-state index in [1.807, 2.05) is 6.07 Å². The molecule has 1 aliphatic heterocycles. The molecule has 0 aromatic heterocycles. The SMILES string of the molecule is O=C(COc1ccc(Cl)cc1)NNC(=S)N1CCC(Cc2ccccc2)CC1. The van der Waals surface area contributed by atoms with Gasteiger partial charge in [-0.3, -0.25) is 15.6 Å². The van der Waals surface area contributed by atoms with Crippen LogP contribution in [0.25, 0.3) is 0 Å². The van der Waals surface area contributed by atoms with E-state index in [-0.39, 0.29) is 12.5 Å². The summed E-state index contributed by atoms with van der Waals surface area (Å²) in [6, 6.07) is 17.4. The lowest BCUT2D eigenvalue weighted by Crippen LogP contribution is -2.51. The zero-order chi connectivity index (χ0) is 19.8. The summed E-state index contributed by atoms with van der Waals surface area (Å²) in [5, 5.41) is 1.16. The number of ether oxygens (including phenoxy) is 1. The Labute approximate surface area is 176 Å². The van der Waals surface area contributed by atoms with Gasteiger partial charge >= 0.3 is 0 Å². The van der Waals surface area contributed by atoms with E-state index in [2.05, 4.69) is 40.0 Å². The number of hydrazine groups is 1. The number of piperidine rings is 1. The molecule has 3 rings (SSSR count). The van der Waals surface area contributed by atoms with Gasteiger partial charge in [0.25, 0.3) is 5.91 Å². The van der Waals surface area contributed by atoms with Gasteiger partial charge in [0.1, 0.15) is 5.75 Å². The van der Waals surface area contributed by atoms with Crippen LogP contribution in [0.1, 0.15) is 18.4 Å². The Morgan fingerprint density at radius 2 is 1.75 bits per heavy atom. The minimum absolute atomic E-state index is 0.101. The normalized spacial score (nSPS) is 14.4. The molecule has 0 bridgehead atoms. The number of halogens is 1. The molecule has 2 N–H and O–H groups in total. The average molecular weight is 418 g/mol. The van der Waals surface area contributed by atoms with Gasteiger partial charge < -0.3 is 9.64 Å². The minimum atomic E-state index is -0.295. The van der Waals surface area contributed by atoms with Crippen molar-refractivity contribution in [3.63, 3.8) is 0 Å². The average Bonchev–Trinajstić information content (AvgIpc) is 2.73. The van der Waals surface area contributed by atoms with E-state index >= 15 is 0 Å². The zero-order valence-electron chi connectivity index (χ0n) is 15.6. The number of thiocarbonyl (C=S) groups is 1. The largest absolute Gasteiger partial charge is 0.484 e. The van der Waals surface area contributed by atoms with E-state index in [0.29, 0.717) is 21.8 Å². The van der Waals surface area contributed by atoms with E-state index < -0.39 is 0 Å². The monoisotopic (exact) mass is 417 g/mol. The molecule has 7 heteroatoms. The molecular weight excluding hydrogens is 394 g/mol. The smallest absolute Gasteiger partial charge is 0.276 e. The van der Waals surface area contributed by atoms with Crippen LogP contribution >= 0.6 is 23.8 Å². The number of benzene rings is 2. The molecule has 1 saturated heterocycles.